The lowest BCUT2D eigenvalue weighted by Crippen LogP contribution is -2.30. The Morgan fingerprint density at radius 3 is 2.59 bits per heavy atom. The van der Waals surface area contributed by atoms with Gasteiger partial charge in [-0.3, -0.25) is 14.5 Å². The molecule has 1 saturated heterocycles. The molecular weight excluding hydrogens is 410 g/mol. The minimum atomic E-state index is -0.823. The summed E-state index contributed by atoms with van der Waals surface area (Å²) in [6.45, 7) is 0. The number of para-hydroxylation sites is 2. The normalized spacial score (nSPS) is 19.0. The van der Waals surface area contributed by atoms with Gasteiger partial charge >= 0.3 is 5.97 Å². The van der Waals surface area contributed by atoms with Gasteiger partial charge in [-0.2, -0.15) is 0 Å². The minimum Gasteiger partial charge on any atom is -0.496 e. The summed E-state index contributed by atoms with van der Waals surface area (Å²) in [6.07, 6.45) is 2.81. The second kappa shape index (κ2) is 7.65. The molecule has 2 aliphatic rings. The third-order valence-corrected chi connectivity index (χ3v) is 5.64. The molecule has 2 aromatic rings. The van der Waals surface area contributed by atoms with Crippen molar-refractivity contribution in [3.63, 3.8) is 0 Å². The quantitative estimate of drug-likeness (QED) is 0.246. The zero-order valence-electron chi connectivity index (χ0n) is 15.1. The van der Waals surface area contributed by atoms with Crippen molar-refractivity contribution >= 4 is 52.0 Å². The molecule has 1 amide bonds. The summed E-state index contributed by atoms with van der Waals surface area (Å²) >= 11 is 6.36. The van der Waals surface area contributed by atoms with E-state index >= 15 is 0 Å². The topological polar surface area (TPSA) is 72.9 Å². The summed E-state index contributed by atoms with van der Waals surface area (Å²) < 4.78 is 10.7. The number of rotatable bonds is 3. The number of thiocarbonyl (C=S) groups is 1. The molecule has 0 saturated carbocycles. The predicted molar refractivity (Wildman–Crippen MR) is 112 cm³/mol. The van der Waals surface area contributed by atoms with Gasteiger partial charge in [0.1, 0.15) is 17.1 Å². The van der Waals surface area contributed by atoms with Crippen LogP contribution in [-0.2, 0) is 9.59 Å². The van der Waals surface area contributed by atoms with Crippen LogP contribution < -0.4 is 9.47 Å². The van der Waals surface area contributed by atoms with E-state index in [-0.39, 0.29) is 21.2 Å². The first kappa shape index (κ1) is 19.1. The van der Waals surface area contributed by atoms with E-state index in [0.29, 0.717) is 16.2 Å². The van der Waals surface area contributed by atoms with Crippen molar-refractivity contribution in [3.05, 3.63) is 76.3 Å². The molecular formula is C21H13NO5S2. The van der Waals surface area contributed by atoms with Gasteiger partial charge in [0.2, 0.25) is 5.78 Å². The highest BCUT2D eigenvalue weighted by atomic mass is 32.2. The van der Waals surface area contributed by atoms with E-state index < -0.39 is 17.7 Å². The van der Waals surface area contributed by atoms with Crippen molar-refractivity contribution in [1.82, 2.24) is 4.90 Å². The zero-order valence-corrected chi connectivity index (χ0v) is 16.7. The third-order valence-electron chi connectivity index (χ3n) is 4.31. The molecule has 0 aliphatic carbocycles. The molecule has 1 fully saturated rings. The molecule has 0 N–H and O–H groups in total. The van der Waals surface area contributed by atoms with Gasteiger partial charge in [-0.15, -0.1) is 0 Å². The molecule has 0 bridgehead atoms. The first-order valence-electron chi connectivity index (χ1n) is 8.47. The number of Topliss-reactive ketones (excluding diaryl/α,β-unsaturated/α-hetero) is 1. The third kappa shape index (κ3) is 3.48. The van der Waals surface area contributed by atoms with Crippen LogP contribution in [0.2, 0.25) is 0 Å². The van der Waals surface area contributed by atoms with Gasteiger partial charge in [0.05, 0.1) is 17.6 Å². The number of fused-ring (bicyclic) bond motifs is 1. The predicted octanol–water partition coefficient (Wildman–Crippen LogP) is 3.58. The summed E-state index contributed by atoms with van der Waals surface area (Å²) in [7, 11) is 1.54. The standard InChI is InChI=1S/C21H13NO5S2/c1-26-15-8-4-2-6-12(15)10-17-19(24)22(21(28)29-17)11-14-18(23)13-7-3-5-9-16(13)27-20(14)25/h2-11H,1H3/b14-11-,17-10-. The number of methoxy groups -OCH3 is 1. The number of hydrogen-bond donors (Lipinski definition) is 0. The molecule has 6 nitrogen and oxygen atoms in total. The number of ketones is 1. The number of esters is 1. The lowest BCUT2D eigenvalue weighted by molar-refractivity contribution is -0.130. The molecule has 0 spiro atoms. The highest BCUT2D eigenvalue weighted by Crippen LogP contribution is 2.36. The Kier molecular flexibility index (Phi) is 5.04. The van der Waals surface area contributed by atoms with E-state index in [0.717, 1.165) is 22.9 Å². The Labute approximate surface area is 175 Å². The van der Waals surface area contributed by atoms with Gasteiger partial charge in [0, 0.05) is 11.8 Å². The van der Waals surface area contributed by atoms with Crippen LogP contribution in [0.15, 0.2) is 65.2 Å². The number of amides is 1. The van der Waals surface area contributed by atoms with Crippen molar-refractivity contribution in [2.75, 3.05) is 7.11 Å². The fourth-order valence-corrected chi connectivity index (χ4v) is 4.09. The SMILES string of the molecule is COc1ccccc1/C=C1\SC(=S)N(/C=C2\C(=O)Oc3ccccc3C2=O)C1=O. The maximum Gasteiger partial charge on any atom is 0.349 e. The maximum absolute atomic E-state index is 12.9. The van der Waals surface area contributed by atoms with Crippen LogP contribution in [0.1, 0.15) is 15.9 Å². The number of thioether (sulfide) groups is 1. The molecule has 0 radical (unpaired) electrons. The highest BCUT2D eigenvalue weighted by molar-refractivity contribution is 8.26. The van der Waals surface area contributed by atoms with Crippen LogP contribution in [0.3, 0.4) is 0 Å². The Morgan fingerprint density at radius 1 is 1.07 bits per heavy atom. The largest absolute Gasteiger partial charge is 0.496 e. The summed E-state index contributed by atoms with van der Waals surface area (Å²) in [5, 5.41) is 0. The molecule has 29 heavy (non-hydrogen) atoms. The number of carbonyl (C=O) groups excluding carboxylic acids is 3. The number of nitrogens with zero attached hydrogens (tertiary/aromatic N) is 1. The summed E-state index contributed by atoms with van der Waals surface area (Å²) in [5.41, 5.74) is 0.720. The van der Waals surface area contributed by atoms with Gasteiger partial charge in [-0.05, 0) is 24.3 Å². The Balaban J connectivity index is 1.67. The summed E-state index contributed by atoms with van der Waals surface area (Å²) in [6, 6.07) is 13.7. The van der Waals surface area contributed by atoms with Crippen LogP contribution in [-0.4, -0.2) is 34.0 Å². The van der Waals surface area contributed by atoms with E-state index in [1.165, 1.54) is 6.07 Å². The average Bonchev–Trinajstić information content (AvgIpc) is 2.98. The van der Waals surface area contributed by atoms with Crippen LogP contribution >= 0.6 is 24.0 Å². The van der Waals surface area contributed by atoms with Crippen molar-refractivity contribution in [2.45, 2.75) is 0 Å². The number of hydrogen-bond acceptors (Lipinski definition) is 7. The van der Waals surface area contributed by atoms with Crippen molar-refractivity contribution in [1.29, 1.82) is 0 Å². The lowest BCUT2D eigenvalue weighted by Gasteiger charge is -2.18. The molecule has 4 rings (SSSR count). The fraction of sp³-hybridized carbons (Fsp3) is 0.0476. The zero-order chi connectivity index (χ0) is 20.5. The lowest BCUT2D eigenvalue weighted by atomic mass is 10.0. The smallest absolute Gasteiger partial charge is 0.349 e. The maximum atomic E-state index is 12.9. The van der Waals surface area contributed by atoms with Crippen LogP contribution in [0, 0.1) is 0 Å². The second-order valence-corrected chi connectivity index (χ2v) is 7.73. The number of ether oxygens (including phenoxy) is 2. The summed E-state index contributed by atoms with van der Waals surface area (Å²) in [5.74, 6) is -0.964. The second-order valence-electron chi connectivity index (χ2n) is 6.05. The van der Waals surface area contributed by atoms with E-state index in [1.54, 1.807) is 37.5 Å². The van der Waals surface area contributed by atoms with Gasteiger partial charge in [0.15, 0.2) is 4.32 Å². The molecule has 0 atom stereocenters. The minimum absolute atomic E-state index is 0.195. The monoisotopic (exact) mass is 423 g/mol. The van der Waals surface area contributed by atoms with E-state index in [9.17, 15) is 14.4 Å². The highest BCUT2D eigenvalue weighted by Gasteiger charge is 2.36. The molecule has 2 aliphatic heterocycles. The molecule has 2 aromatic carbocycles. The Morgan fingerprint density at radius 2 is 1.79 bits per heavy atom. The summed E-state index contributed by atoms with van der Waals surface area (Å²) in [4.78, 5) is 39.3. The van der Waals surface area contributed by atoms with Crippen LogP contribution in [0.5, 0.6) is 11.5 Å². The number of carbonyl (C=O) groups is 3. The molecule has 144 valence electrons. The van der Waals surface area contributed by atoms with Crippen molar-refractivity contribution in [2.24, 2.45) is 0 Å². The average molecular weight is 423 g/mol. The Hall–Kier alpha value is -3.23. The van der Waals surface area contributed by atoms with Crippen LogP contribution in [0.25, 0.3) is 6.08 Å². The van der Waals surface area contributed by atoms with Crippen molar-refractivity contribution < 1.29 is 23.9 Å². The van der Waals surface area contributed by atoms with E-state index in [2.05, 4.69) is 0 Å². The first-order valence-corrected chi connectivity index (χ1v) is 9.70. The van der Waals surface area contributed by atoms with Gasteiger partial charge in [-0.1, -0.05) is 54.3 Å². The molecule has 0 unspecified atom stereocenters. The first-order chi connectivity index (χ1) is 14.0. The Bertz CT molecular complexity index is 1140. The van der Waals surface area contributed by atoms with E-state index in [4.69, 9.17) is 21.7 Å². The molecule has 2 heterocycles. The van der Waals surface area contributed by atoms with Crippen LogP contribution in [0.4, 0.5) is 0 Å². The van der Waals surface area contributed by atoms with E-state index in [1.807, 2.05) is 18.2 Å². The molecule has 8 heteroatoms. The van der Waals surface area contributed by atoms with Crippen molar-refractivity contribution in [3.8, 4) is 11.5 Å². The van der Waals surface area contributed by atoms with Gasteiger partial charge < -0.3 is 9.47 Å². The van der Waals surface area contributed by atoms with Gasteiger partial charge in [-0.25, -0.2) is 4.79 Å². The fourth-order valence-electron chi connectivity index (χ4n) is 2.89. The van der Waals surface area contributed by atoms with Gasteiger partial charge in [0.25, 0.3) is 5.91 Å². The molecule has 0 aromatic heterocycles. The number of benzene rings is 2.